The van der Waals surface area contributed by atoms with E-state index < -0.39 is 0 Å². The Balaban J connectivity index is 1.84. The molecule has 3 aliphatic rings. The Kier molecular flexibility index (Phi) is 1.79. The van der Waals surface area contributed by atoms with Gasteiger partial charge in [0.05, 0.1) is 23.3 Å². The molecule has 3 unspecified atom stereocenters. The Hall–Kier alpha value is -2.03. The van der Waals surface area contributed by atoms with E-state index in [4.69, 9.17) is 0 Å². The van der Waals surface area contributed by atoms with Crippen molar-refractivity contribution in [3.63, 3.8) is 0 Å². The lowest BCUT2D eigenvalue weighted by Crippen LogP contribution is -2.50. The van der Waals surface area contributed by atoms with Crippen molar-refractivity contribution in [2.45, 2.75) is 31.8 Å². The van der Waals surface area contributed by atoms with Gasteiger partial charge in [0.1, 0.15) is 6.17 Å². The minimum Gasteiger partial charge on any atom is -0.352 e. The van der Waals surface area contributed by atoms with Gasteiger partial charge in [0.25, 0.3) is 0 Å². The number of nitrogens with zero attached hydrogens (tertiary/aromatic N) is 3. The Bertz CT molecular complexity index is 771. The van der Waals surface area contributed by atoms with E-state index >= 15 is 0 Å². The molecule has 3 heteroatoms. The van der Waals surface area contributed by atoms with E-state index in [0.29, 0.717) is 11.6 Å². The minimum atomic E-state index is 0.280. The monoisotopic (exact) mass is 277 g/mol. The minimum absolute atomic E-state index is 0.280. The van der Waals surface area contributed by atoms with E-state index in [1.165, 1.54) is 29.0 Å². The third-order valence-corrected chi connectivity index (χ3v) is 6.21. The molecule has 0 amide bonds. The number of hydrogen-bond acceptors (Lipinski definition) is 3. The first kappa shape index (κ1) is 11.6. The molecule has 5 rings (SSSR count). The molecule has 2 aromatic rings. The molecule has 1 fully saturated rings. The third kappa shape index (κ3) is 1.09. The number of anilines is 3. The molecule has 3 atom stereocenters. The summed E-state index contributed by atoms with van der Waals surface area (Å²) < 4.78 is 0. The number of fused-ring (bicyclic) bond motifs is 8. The maximum Gasteiger partial charge on any atom is 0.112 e. The summed E-state index contributed by atoms with van der Waals surface area (Å²) in [4.78, 5) is 9.36. The number of aromatic nitrogens is 1. The Labute approximate surface area is 125 Å². The molecule has 21 heavy (non-hydrogen) atoms. The average Bonchev–Trinajstić information content (AvgIpc) is 2.95. The van der Waals surface area contributed by atoms with Crippen LogP contribution in [-0.2, 0) is 5.41 Å². The van der Waals surface area contributed by atoms with Crippen molar-refractivity contribution in [1.82, 2.24) is 4.98 Å². The maximum atomic E-state index is 4.40. The molecule has 2 aliphatic heterocycles. The van der Waals surface area contributed by atoms with Gasteiger partial charge in [-0.25, -0.2) is 0 Å². The normalized spacial score (nSPS) is 34.9. The van der Waals surface area contributed by atoms with E-state index in [0.717, 1.165) is 0 Å². The molecule has 0 N–H and O–H groups in total. The molecule has 1 aliphatic carbocycles. The lowest BCUT2D eigenvalue weighted by molar-refractivity contribution is 0.365. The summed E-state index contributed by atoms with van der Waals surface area (Å²) in [6.45, 7) is 4.86. The second-order valence-corrected chi connectivity index (χ2v) is 7.16. The molecule has 1 saturated carbocycles. The maximum absolute atomic E-state index is 4.40. The fourth-order valence-electron chi connectivity index (χ4n) is 4.89. The van der Waals surface area contributed by atoms with Gasteiger partial charge in [0.2, 0.25) is 0 Å². The molecule has 1 aromatic carbocycles. The van der Waals surface area contributed by atoms with E-state index in [2.05, 4.69) is 66.0 Å². The summed E-state index contributed by atoms with van der Waals surface area (Å²) >= 11 is 0. The van der Waals surface area contributed by atoms with Gasteiger partial charge in [-0.3, -0.25) is 4.98 Å². The summed E-state index contributed by atoms with van der Waals surface area (Å²) in [6.07, 6.45) is 5.63. The van der Waals surface area contributed by atoms with Crippen LogP contribution in [0.4, 0.5) is 17.1 Å². The van der Waals surface area contributed by atoms with E-state index in [1.54, 1.807) is 0 Å². The van der Waals surface area contributed by atoms with Crippen LogP contribution in [0.3, 0.4) is 0 Å². The van der Waals surface area contributed by atoms with Crippen molar-refractivity contribution in [1.29, 1.82) is 0 Å². The van der Waals surface area contributed by atoms with Gasteiger partial charge in [-0.15, -0.1) is 0 Å². The highest BCUT2D eigenvalue weighted by atomic mass is 15.4. The highest BCUT2D eigenvalue weighted by Crippen LogP contribution is 2.74. The van der Waals surface area contributed by atoms with Crippen molar-refractivity contribution < 1.29 is 0 Å². The molecule has 3 heterocycles. The lowest BCUT2D eigenvalue weighted by atomic mass is 9.82. The van der Waals surface area contributed by atoms with Crippen LogP contribution in [0.2, 0.25) is 0 Å². The fourth-order valence-corrected chi connectivity index (χ4v) is 4.89. The number of hydrogen-bond donors (Lipinski definition) is 0. The van der Waals surface area contributed by atoms with Gasteiger partial charge in [-0.05, 0) is 30.2 Å². The highest BCUT2D eigenvalue weighted by Gasteiger charge is 2.72. The lowest BCUT2D eigenvalue weighted by Gasteiger charge is -2.43. The number of pyridine rings is 1. The highest BCUT2D eigenvalue weighted by molar-refractivity contribution is 5.87. The van der Waals surface area contributed by atoms with Crippen LogP contribution in [0.5, 0.6) is 0 Å². The first-order chi connectivity index (χ1) is 10.1. The van der Waals surface area contributed by atoms with Crippen LogP contribution in [0.1, 0.15) is 25.8 Å². The van der Waals surface area contributed by atoms with Gasteiger partial charge >= 0.3 is 0 Å². The van der Waals surface area contributed by atoms with E-state index in [9.17, 15) is 0 Å². The summed E-state index contributed by atoms with van der Waals surface area (Å²) in [5, 5.41) is 0. The van der Waals surface area contributed by atoms with Crippen LogP contribution in [0.25, 0.3) is 0 Å². The van der Waals surface area contributed by atoms with Crippen LogP contribution in [0.15, 0.2) is 42.7 Å². The largest absolute Gasteiger partial charge is 0.352 e. The third-order valence-electron chi connectivity index (χ3n) is 6.21. The molecule has 0 bridgehead atoms. The summed E-state index contributed by atoms with van der Waals surface area (Å²) in [7, 11) is 2.23. The predicted octanol–water partition coefficient (Wildman–Crippen LogP) is 3.68. The predicted molar refractivity (Wildman–Crippen MR) is 85.1 cm³/mol. The average molecular weight is 277 g/mol. The van der Waals surface area contributed by atoms with Gasteiger partial charge in [-0.1, -0.05) is 26.0 Å². The molecule has 1 aromatic heterocycles. The number of rotatable bonds is 0. The molecule has 0 saturated heterocycles. The second-order valence-electron chi connectivity index (χ2n) is 7.16. The van der Waals surface area contributed by atoms with Crippen molar-refractivity contribution in [2.24, 2.45) is 5.41 Å². The van der Waals surface area contributed by atoms with Crippen molar-refractivity contribution in [3.05, 3.63) is 48.3 Å². The van der Waals surface area contributed by atoms with Crippen molar-refractivity contribution >= 4 is 17.1 Å². The van der Waals surface area contributed by atoms with Crippen LogP contribution in [0, 0.1) is 5.41 Å². The zero-order valence-electron chi connectivity index (χ0n) is 12.7. The van der Waals surface area contributed by atoms with Crippen molar-refractivity contribution in [3.8, 4) is 0 Å². The van der Waals surface area contributed by atoms with Crippen LogP contribution in [-0.4, -0.2) is 18.2 Å². The molecule has 0 radical (unpaired) electrons. The van der Waals surface area contributed by atoms with Crippen LogP contribution < -0.4 is 9.80 Å². The Morgan fingerprint density at radius 1 is 1.10 bits per heavy atom. The molecular formula is C18H19N3. The number of para-hydroxylation sites is 2. The topological polar surface area (TPSA) is 19.4 Å². The summed E-state index contributed by atoms with van der Waals surface area (Å²) in [5.41, 5.74) is 5.97. The SMILES string of the molecule is CN1c2ccccc2N2c3cnccc3C3(C)CC3(C)C12. The van der Waals surface area contributed by atoms with Gasteiger partial charge < -0.3 is 9.80 Å². The zero-order valence-corrected chi connectivity index (χ0v) is 12.7. The molecule has 3 nitrogen and oxygen atoms in total. The fraction of sp³-hybridized carbons (Fsp3) is 0.389. The summed E-state index contributed by atoms with van der Waals surface area (Å²) in [6, 6.07) is 10.9. The van der Waals surface area contributed by atoms with E-state index in [-0.39, 0.29) is 5.41 Å². The molecule has 0 spiro atoms. The van der Waals surface area contributed by atoms with Crippen molar-refractivity contribution in [2.75, 3.05) is 16.8 Å². The van der Waals surface area contributed by atoms with Gasteiger partial charge in [-0.2, -0.15) is 0 Å². The molecule has 106 valence electrons. The zero-order chi connectivity index (χ0) is 14.4. The van der Waals surface area contributed by atoms with E-state index in [1.807, 2.05) is 12.4 Å². The summed E-state index contributed by atoms with van der Waals surface area (Å²) in [5.74, 6) is 0. The first-order valence-corrected chi connectivity index (χ1v) is 7.63. The quantitative estimate of drug-likeness (QED) is 0.732. The van der Waals surface area contributed by atoms with Crippen LogP contribution >= 0.6 is 0 Å². The first-order valence-electron chi connectivity index (χ1n) is 7.63. The second kappa shape index (κ2) is 3.24. The Morgan fingerprint density at radius 3 is 2.67 bits per heavy atom. The molecular weight excluding hydrogens is 258 g/mol. The smallest absolute Gasteiger partial charge is 0.112 e. The standard InChI is InChI=1S/C18H19N3/c1-17-11-18(17,2)16-20(3)13-6-4-5-7-14(13)21(16)15-10-19-9-8-12(15)17/h4-10,16H,11H2,1-3H3. The van der Waals surface area contributed by atoms with Gasteiger partial charge in [0, 0.05) is 24.1 Å². The Morgan fingerprint density at radius 2 is 1.86 bits per heavy atom. The number of benzene rings is 1. The van der Waals surface area contributed by atoms with Gasteiger partial charge in [0.15, 0.2) is 0 Å².